The number of carbonyl (C=O) groups excluding carboxylic acids is 1. The first-order valence-electron chi connectivity index (χ1n) is 6.44. The minimum atomic E-state index is -0.961. The predicted octanol–water partition coefficient (Wildman–Crippen LogP) is 3.14. The van der Waals surface area contributed by atoms with Crippen molar-refractivity contribution in [3.8, 4) is 5.75 Å². The van der Waals surface area contributed by atoms with E-state index < -0.39 is 28.4 Å². The molecule has 0 fully saturated rings. The quantitative estimate of drug-likeness (QED) is 0.679. The molecule has 114 valence electrons. The van der Waals surface area contributed by atoms with Crippen LogP contribution in [0.5, 0.6) is 5.75 Å². The molecule has 7 heteroatoms. The molecule has 1 amide bonds. The molecule has 0 unspecified atom stereocenters. The van der Waals surface area contributed by atoms with Gasteiger partial charge >= 0.3 is 5.69 Å². The van der Waals surface area contributed by atoms with Gasteiger partial charge in [0.2, 0.25) is 5.82 Å². The Kier molecular flexibility index (Phi) is 4.67. The van der Waals surface area contributed by atoms with Crippen LogP contribution in [0.4, 0.5) is 15.8 Å². The van der Waals surface area contributed by atoms with Crippen LogP contribution in [-0.4, -0.2) is 16.9 Å². The van der Waals surface area contributed by atoms with E-state index in [1.165, 1.54) is 6.07 Å². The van der Waals surface area contributed by atoms with E-state index in [0.717, 1.165) is 12.1 Å². The van der Waals surface area contributed by atoms with E-state index in [1.807, 2.05) is 6.07 Å². The second kappa shape index (κ2) is 6.66. The Balaban J connectivity index is 2.05. The lowest BCUT2D eigenvalue weighted by Gasteiger charge is -2.14. The molecule has 0 aliphatic carbocycles. The molecular weight excluding hydrogens is 291 g/mol. The lowest BCUT2D eigenvalue weighted by atomic mass is 10.2. The lowest BCUT2D eigenvalue weighted by molar-refractivity contribution is -0.387. The third-order valence-electron chi connectivity index (χ3n) is 2.84. The van der Waals surface area contributed by atoms with Gasteiger partial charge in [-0.3, -0.25) is 14.9 Å². The maximum absolute atomic E-state index is 13.2. The molecule has 0 bridgehead atoms. The molecule has 0 spiro atoms. The van der Waals surface area contributed by atoms with Crippen molar-refractivity contribution in [3.63, 3.8) is 0 Å². The number of rotatable bonds is 5. The number of carbonyl (C=O) groups is 1. The van der Waals surface area contributed by atoms with Crippen molar-refractivity contribution >= 4 is 17.3 Å². The molecule has 2 aromatic rings. The number of hydrogen-bond acceptors (Lipinski definition) is 4. The maximum atomic E-state index is 13.2. The molecule has 22 heavy (non-hydrogen) atoms. The molecule has 0 radical (unpaired) electrons. The summed E-state index contributed by atoms with van der Waals surface area (Å²) < 4.78 is 18.7. The second-order valence-electron chi connectivity index (χ2n) is 4.49. The molecule has 1 N–H and O–H groups in total. The van der Waals surface area contributed by atoms with E-state index in [0.29, 0.717) is 5.75 Å². The normalized spacial score (nSPS) is 11.5. The van der Waals surface area contributed by atoms with Gasteiger partial charge in [-0.2, -0.15) is 4.39 Å². The zero-order chi connectivity index (χ0) is 16.1. The first-order valence-corrected chi connectivity index (χ1v) is 6.44. The van der Waals surface area contributed by atoms with E-state index in [1.54, 1.807) is 31.2 Å². The molecule has 0 aliphatic rings. The number of nitro groups is 1. The highest BCUT2D eigenvalue weighted by Gasteiger charge is 2.18. The number of nitro benzene ring substituents is 1. The van der Waals surface area contributed by atoms with Crippen LogP contribution in [0, 0.1) is 15.9 Å². The molecule has 6 nitrogen and oxygen atoms in total. The third kappa shape index (κ3) is 3.78. The summed E-state index contributed by atoms with van der Waals surface area (Å²) in [6, 6.07) is 11.9. The van der Waals surface area contributed by atoms with Crippen molar-refractivity contribution < 1.29 is 18.8 Å². The summed E-state index contributed by atoms with van der Waals surface area (Å²) >= 11 is 0. The summed E-state index contributed by atoms with van der Waals surface area (Å²) in [5.74, 6) is -0.934. The van der Waals surface area contributed by atoms with Crippen molar-refractivity contribution in [3.05, 3.63) is 64.5 Å². The minimum Gasteiger partial charge on any atom is -0.481 e. The highest BCUT2D eigenvalue weighted by molar-refractivity contribution is 5.94. The average Bonchev–Trinajstić information content (AvgIpc) is 2.49. The van der Waals surface area contributed by atoms with Gasteiger partial charge in [0.05, 0.1) is 4.92 Å². The predicted molar refractivity (Wildman–Crippen MR) is 78.2 cm³/mol. The number of benzene rings is 2. The van der Waals surface area contributed by atoms with E-state index in [4.69, 9.17) is 4.74 Å². The minimum absolute atomic E-state index is 0.126. The van der Waals surface area contributed by atoms with Gasteiger partial charge in [-0.1, -0.05) is 18.2 Å². The number of hydrogen-bond donors (Lipinski definition) is 1. The summed E-state index contributed by atoms with van der Waals surface area (Å²) in [7, 11) is 0. The fourth-order valence-electron chi connectivity index (χ4n) is 1.73. The standard InChI is InChI=1S/C15H13FN2O4/c1-10(22-12-5-3-2-4-6-12)15(19)17-11-7-8-13(16)14(9-11)18(20)21/h2-10H,1H3,(H,17,19)/t10-/m1/s1. The largest absolute Gasteiger partial charge is 0.481 e. The average molecular weight is 304 g/mol. The molecule has 2 aromatic carbocycles. The van der Waals surface area contributed by atoms with Gasteiger partial charge in [0.1, 0.15) is 5.75 Å². The van der Waals surface area contributed by atoms with E-state index in [9.17, 15) is 19.3 Å². The fourth-order valence-corrected chi connectivity index (χ4v) is 1.73. The van der Waals surface area contributed by atoms with Gasteiger partial charge in [0.25, 0.3) is 5.91 Å². The zero-order valence-electron chi connectivity index (χ0n) is 11.7. The van der Waals surface area contributed by atoms with E-state index in [-0.39, 0.29) is 5.69 Å². The monoisotopic (exact) mass is 304 g/mol. The molecule has 0 saturated carbocycles. The van der Waals surface area contributed by atoms with Crippen molar-refractivity contribution in [2.24, 2.45) is 0 Å². The van der Waals surface area contributed by atoms with Gasteiger partial charge < -0.3 is 10.1 Å². The number of para-hydroxylation sites is 1. The molecule has 0 aliphatic heterocycles. The van der Waals surface area contributed by atoms with Crippen LogP contribution in [0.15, 0.2) is 48.5 Å². The van der Waals surface area contributed by atoms with Crippen LogP contribution in [0.25, 0.3) is 0 Å². The highest BCUT2D eigenvalue weighted by Crippen LogP contribution is 2.22. The van der Waals surface area contributed by atoms with Crippen LogP contribution in [0.3, 0.4) is 0 Å². The number of anilines is 1. The summed E-state index contributed by atoms with van der Waals surface area (Å²) in [4.78, 5) is 21.8. The van der Waals surface area contributed by atoms with Crippen molar-refractivity contribution in [1.82, 2.24) is 0 Å². The van der Waals surface area contributed by atoms with Crippen LogP contribution < -0.4 is 10.1 Å². The van der Waals surface area contributed by atoms with Crippen molar-refractivity contribution in [2.75, 3.05) is 5.32 Å². The van der Waals surface area contributed by atoms with Crippen LogP contribution in [0.1, 0.15) is 6.92 Å². The Morgan fingerprint density at radius 1 is 1.27 bits per heavy atom. The molecule has 0 saturated heterocycles. The van der Waals surface area contributed by atoms with Gasteiger partial charge in [0, 0.05) is 11.8 Å². The number of nitrogens with zero attached hydrogens (tertiary/aromatic N) is 1. The first kappa shape index (κ1) is 15.4. The Hall–Kier alpha value is -2.96. The molecule has 0 aromatic heterocycles. The van der Waals surface area contributed by atoms with Crippen molar-refractivity contribution in [1.29, 1.82) is 0 Å². The van der Waals surface area contributed by atoms with Gasteiger partial charge in [-0.15, -0.1) is 0 Å². The van der Waals surface area contributed by atoms with Gasteiger partial charge in [-0.05, 0) is 31.2 Å². The highest BCUT2D eigenvalue weighted by atomic mass is 19.1. The smallest absolute Gasteiger partial charge is 0.306 e. The Morgan fingerprint density at radius 3 is 2.59 bits per heavy atom. The van der Waals surface area contributed by atoms with Crippen LogP contribution >= 0.6 is 0 Å². The number of halogens is 1. The van der Waals surface area contributed by atoms with Crippen molar-refractivity contribution in [2.45, 2.75) is 13.0 Å². The summed E-state index contributed by atoms with van der Waals surface area (Å²) in [5, 5.41) is 13.1. The summed E-state index contributed by atoms with van der Waals surface area (Å²) in [5.41, 5.74) is -0.573. The van der Waals surface area contributed by atoms with E-state index >= 15 is 0 Å². The molecule has 0 heterocycles. The lowest BCUT2D eigenvalue weighted by Crippen LogP contribution is -2.30. The molecule has 1 atom stereocenters. The van der Waals surface area contributed by atoms with Crippen LogP contribution in [0.2, 0.25) is 0 Å². The number of nitrogens with one attached hydrogen (secondary N) is 1. The van der Waals surface area contributed by atoms with Gasteiger partial charge in [-0.25, -0.2) is 0 Å². The Labute approximate surface area is 125 Å². The molecular formula is C15H13FN2O4. The van der Waals surface area contributed by atoms with Gasteiger partial charge in [0.15, 0.2) is 6.10 Å². The topological polar surface area (TPSA) is 81.5 Å². The second-order valence-corrected chi connectivity index (χ2v) is 4.49. The maximum Gasteiger partial charge on any atom is 0.306 e. The Bertz CT molecular complexity index is 691. The first-order chi connectivity index (χ1) is 10.5. The molecule has 2 rings (SSSR count). The summed E-state index contributed by atoms with van der Waals surface area (Å²) in [6.07, 6.45) is -0.813. The van der Waals surface area contributed by atoms with E-state index in [2.05, 4.69) is 5.32 Å². The Morgan fingerprint density at radius 2 is 1.95 bits per heavy atom. The SMILES string of the molecule is C[C@@H](Oc1ccccc1)C(=O)Nc1ccc(F)c([N+](=O)[O-])c1. The number of amides is 1. The zero-order valence-corrected chi connectivity index (χ0v) is 11.7. The fraction of sp³-hybridized carbons (Fsp3) is 0.133. The summed E-state index contributed by atoms with van der Waals surface area (Å²) in [6.45, 7) is 1.54. The number of ether oxygens (including phenoxy) is 1. The third-order valence-corrected chi connectivity index (χ3v) is 2.84. The van der Waals surface area contributed by atoms with Crippen LogP contribution in [-0.2, 0) is 4.79 Å².